The smallest absolute Gasteiger partial charge is 0.222 e. The summed E-state index contributed by atoms with van der Waals surface area (Å²) in [4.78, 5) is 19.1. The summed E-state index contributed by atoms with van der Waals surface area (Å²) in [6, 6.07) is 12.4. The van der Waals surface area contributed by atoms with E-state index in [2.05, 4.69) is 9.55 Å². The zero-order chi connectivity index (χ0) is 22.5. The number of nitrogens with zero attached hydrogens (tertiary/aromatic N) is 3. The average Bonchev–Trinajstić information content (AvgIpc) is 3.21. The second-order valence-corrected chi connectivity index (χ2v) is 8.29. The van der Waals surface area contributed by atoms with Crippen LogP contribution in [0.4, 0.5) is 4.39 Å². The molecule has 0 unspecified atom stereocenters. The highest BCUT2D eigenvalue weighted by molar-refractivity contribution is 6.07. The molecule has 4 rings (SSSR count). The van der Waals surface area contributed by atoms with Crippen LogP contribution < -0.4 is 5.73 Å². The molecule has 0 radical (unpaired) electrons. The lowest BCUT2D eigenvalue weighted by molar-refractivity contribution is -0.132. The predicted molar refractivity (Wildman–Crippen MR) is 125 cm³/mol. The zero-order valence-corrected chi connectivity index (χ0v) is 18.0. The fraction of sp³-hybridized carbons (Fsp3) is 0.320. The number of aromatic nitrogens is 2. The summed E-state index contributed by atoms with van der Waals surface area (Å²) >= 11 is 0. The molecule has 1 aliphatic heterocycles. The molecule has 166 valence electrons. The SMILES string of the molecule is N=C/C(=C\N)c1ccc2c(ccn2CC2CCN(C(=O)CCc3cccc(F)c3)CC2)n1. The van der Waals surface area contributed by atoms with E-state index in [9.17, 15) is 9.18 Å². The van der Waals surface area contributed by atoms with Gasteiger partial charge in [-0.25, -0.2) is 9.37 Å². The zero-order valence-electron chi connectivity index (χ0n) is 18.0. The van der Waals surface area contributed by atoms with E-state index in [1.807, 2.05) is 35.4 Å². The van der Waals surface area contributed by atoms with Gasteiger partial charge in [-0.1, -0.05) is 12.1 Å². The van der Waals surface area contributed by atoms with Gasteiger partial charge in [-0.2, -0.15) is 0 Å². The molecule has 3 heterocycles. The predicted octanol–water partition coefficient (Wildman–Crippen LogP) is 4.00. The lowest BCUT2D eigenvalue weighted by Crippen LogP contribution is -2.39. The molecular formula is C25H28FN5O. The number of carbonyl (C=O) groups excluding carboxylic acids is 1. The Kier molecular flexibility index (Phi) is 6.63. The van der Waals surface area contributed by atoms with Gasteiger partial charge in [-0.3, -0.25) is 4.79 Å². The lowest BCUT2D eigenvalue weighted by Gasteiger charge is -2.32. The largest absolute Gasteiger partial charge is 0.404 e. The number of hydrogen-bond donors (Lipinski definition) is 2. The van der Waals surface area contributed by atoms with Crippen LogP contribution in [0.1, 0.15) is 30.5 Å². The Hall–Kier alpha value is -3.48. The van der Waals surface area contributed by atoms with Gasteiger partial charge in [0.25, 0.3) is 0 Å². The maximum absolute atomic E-state index is 13.3. The van der Waals surface area contributed by atoms with Crippen molar-refractivity contribution in [3.63, 3.8) is 0 Å². The number of nitrogens with two attached hydrogens (primary N) is 1. The van der Waals surface area contributed by atoms with E-state index in [4.69, 9.17) is 11.1 Å². The van der Waals surface area contributed by atoms with Crippen molar-refractivity contribution >= 4 is 28.7 Å². The quantitative estimate of drug-likeness (QED) is 0.552. The minimum absolute atomic E-state index is 0.144. The van der Waals surface area contributed by atoms with Crippen molar-refractivity contribution in [2.75, 3.05) is 13.1 Å². The molecule has 3 N–H and O–H groups in total. The fourth-order valence-corrected chi connectivity index (χ4v) is 4.35. The minimum atomic E-state index is -0.259. The van der Waals surface area contributed by atoms with Gasteiger partial charge in [-0.05, 0) is 61.1 Å². The summed E-state index contributed by atoms with van der Waals surface area (Å²) in [6.45, 7) is 2.41. The molecule has 0 bridgehead atoms. The number of benzene rings is 1. The second-order valence-electron chi connectivity index (χ2n) is 8.29. The maximum Gasteiger partial charge on any atom is 0.222 e. The lowest BCUT2D eigenvalue weighted by atomic mass is 9.96. The van der Waals surface area contributed by atoms with E-state index < -0.39 is 0 Å². The van der Waals surface area contributed by atoms with Crippen LogP contribution in [0.15, 0.2) is 54.9 Å². The topological polar surface area (TPSA) is 88.0 Å². The van der Waals surface area contributed by atoms with Crippen LogP contribution in [-0.4, -0.2) is 39.7 Å². The number of allylic oxidation sites excluding steroid dienone is 1. The number of rotatable bonds is 7. The van der Waals surface area contributed by atoms with Gasteiger partial charge >= 0.3 is 0 Å². The fourth-order valence-electron chi connectivity index (χ4n) is 4.35. The third-order valence-corrected chi connectivity index (χ3v) is 6.19. The van der Waals surface area contributed by atoms with Crippen molar-refractivity contribution < 1.29 is 9.18 Å². The molecule has 6 nitrogen and oxygen atoms in total. The van der Waals surface area contributed by atoms with Crippen LogP contribution in [0.5, 0.6) is 0 Å². The second kappa shape index (κ2) is 9.77. The van der Waals surface area contributed by atoms with Crippen LogP contribution in [0.25, 0.3) is 16.6 Å². The first-order valence-electron chi connectivity index (χ1n) is 11.0. The Balaban J connectivity index is 1.31. The number of carbonyl (C=O) groups is 1. The average molecular weight is 434 g/mol. The number of amides is 1. The van der Waals surface area contributed by atoms with Gasteiger partial charge in [-0.15, -0.1) is 0 Å². The Morgan fingerprint density at radius 1 is 1.22 bits per heavy atom. The molecule has 1 amide bonds. The van der Waals surface area contributed by atoms with Crippen LogP contribution >= 0.6 is 0 Å². The Labute approximate surface area is 187 Å². The highest BCUT2D eigenvalue weighted by Crippen LogP contribution is 2.24. The number of aryl methyl sites for hydroxylation is 1. The Morgan fingerprint density at radius 2 is 2.03 bits per heavy atom. The van der Waals surface area contributed by atoms with Crippen molar-refractivity contribution in [2.45, 2.75) is 32.2 Å². The summed E-state index contributed by atoms with van der Waals surface area (Å²) in [5.41, 5.74) is 9.66. The number of halogens is 1. The van der Waals surface area contributed by atoms with Crippen molar-refractivity contribution in [1.29, 1.82) is 5.41 Å². The molecule has 1 fully saturated rings. The third-order valence-electron chi connectivity index (χ3n) is 6.19. The van der Waals surface area contributed by atoms with Crippen LogP contribution in [-0.2, 0) is 17.8 Å². The Bertz CT molecular complexity index is 1140. The number of fused-ring (bicyclic) bond motifs is 1. The number of piperidine rings is 1. The molecule has 1 saturated heterocycles. The van der Waals surface area contributed by atoms with Crippen LogP contribution in [0.3, 0.4) is 0 Å². The van der Waals surface area contributed by atoms with E-state index in [-0.39, 0.29) is 11.7 Å². The molecule has 0 spiro atoms. The highest BCUT2D eigenvalue weighted by atomic mass is 19.1. The summed E-state index contributed by atoms with van der Waals surface area (Å²) < 4.78 is 15.5. The van der Waals surface area contributed by atoms with Crippen molar-refractivity contribution in [2.24, 2.45) is 11.7 Å². The first-order valence-corrected chi connectivity index (χ1v) is 11.0. The van der Waals surface area contributed by atoms with Gasteiger partial charge in [0.2, 0.25) is 5.91 Å². The Morgan fingerprint density at radius 3 is 2.75 bits per heavy atom. The molecule has 0 saturated carbocycles. The minimum Gasteiger partial charge on any atom is -0.404 e. The normalized spacial score (nSPS) is 15.3. The van der Waals surface area contributed by atoms with Crippen molar-refractivity contribution in [3.8, 4) is 0 Å². The van der Waals surface area contributed by atoms with Gasteiger partial charge in [0.1, 0.15) is 5.82 Å². The van der Waals surface area contributed by atoms with E-state index in [0.29, 0.717) is 30.0 Å². The molecule has 0 aliphatic carbocycles. The molecule has 7 heteroatoms. The molecule has 0 atom stereocenters. The third kappa shape index (κ3) is 4.88. The van der Waals surface area contributed by atoms with E-state index in [0.717, 1.165) is 49.1 Å². The van der Waals surface area contributed by atoms with E-state index >= 15 is 0 Å². The monoisotopic (exact) mass is 433 g/mol. The maximum atomic E-state index is 13.3. The van der Waals surface area contributed by atoms with Gasteiger partial charge in [0.15, 0.2) is 0 Å². The number of pyridine rings is 1. The van der Waals surface area contributed by atoms with Crippen molar-refractivity contribution in [1.82, 2.24) is 14.5 Å². The van der Waals surface area contributed by atoms with Crippen LogP contribution in [0.2, 0.25) is 0 Å². The summed E-state index contributed by atoms with van der Waals surface area (Å²) in [5, 5.41) is 7.44. The van der Waals surface area contributed by atoms with Gasteiger partial charge in [0.05, 0.1) is 16.7 Å². The van der Waals surface area contributed by atoms with E-state index in [1.54, 1.807) is 6.07 Å². The number of likely N-dealkylation sites (tertiary alicyclic amines) is 1. The van der Waals surface area contributed by atoms with Crippen molar-refractivity contribution in [3.05, 3.63) is 71.9 Å². The van der Waals surface area contributed by atoms with Gasteiger partial charge < -0.3 is 20.6 Å². The van der Waals surface area contributed by atoms with E-state index in [1.165, 1.54) is 24.5 Å². The molecule has 2 aromatic heterocycles. The molecule has 3 aromatic rings. The molecule has 1 aromatic carbocycles. The van der Waals surface area contributed by atoms with Crippen LogP contribution in [0, 0.1) is 17.1 Å². The standard InChI is InChI=1S/C25H28FN5O/c26-21-3-1-2-18(14-21)4-7-25(32)30-11-8-19(9-12-30)17-31-13-10-23-24(31)6-5-22(29-23)20(15-27)16-28/h1-3,5-6,10,13-16,19,27H,4,7-9,11-12,17,28H2/b20-16+,27-15?. The molecular weight excluding hydrogens is 405 g/mol. The summed E-state index contributed by atoms with van der Waals surface area (Å²) in [5.74, 6) is 0.384. The van der Waals surface area contributed by atoms with Gasteiger partial charge in [0, 0.05) is 50.2 Å². The first kappa shape index (κ1) is 21.7. The summed E-state index contributed by atoms with van der Waals surface area (Å²) in [7, 11) is 0. The highest BCUT2D eigenvalue weighted by Gasteiger charge is 2.23. The number of nitrogens with one attached hydrogen (secondary N) is 1. The summed E-state index contributed by atoms with van der Waals surface area (Å²) in [6.07, 6.45) is 7.56. The first-order chi connectivity index (χ1) is 15.6. The molecule has 1 aliphatic rings. The number of hydrogen-bond acceptors (Lipinski definition) is 4. The molecule has 32 heavy (non-hydrogen) atoms.